The van der Waals surface area contributed by atoms with E-state index in [0.29, 0.717) is 15.1 Å². The second-order valence-electron chi connectivity index (χ2n) is 8.05. The number of hydrogen-bond acceptors (Lipinski definition) is 2. The summed E-state index contributed by atoms with van der Waals surface area (Å²) in [5, 5.41) is 4.63. The Bertz CT molecular complexity index is 929. The number of hydrogen-bond donors (Lipinski definition) is 1. The van der Waals surface area contributed by atoms with Crippen molar-refractivity contribution in [1.82, 2.24) is 10.2 Å². The maximum absolute atomic E-state index is 13.3. The molecule has 31 heavy (non-hydrogen) atoms. The summed E-state index contributed by atoms with van der Waals surface area (Å²) in [5.74, 6) is -0.338. The third kappa shape index (κ3) is 6.61. The minimum Gasteiger partial charge on any atom is -0.352 e. The van der Waals surface area contributed by atoms with Gasteiger partial charge < -0.3 is 10.2 Å². The molecule has 0 spiro atoms. The van der Waals surface area contributed by atoms with Crippen molar-refractivity contribution in [1.29, 1.82) is 0 Å². The third-order valence-corrected chi connectivity index (χ3v) is 6.73. The molecule has 0 unspecified atom stereocenters. The monoisotopic (exact) mass is 480 g/mol. The van der Waals surface area contributed by atoms with Gasteiger partial charge in [0.2, 0.25) is 11.8 Å². The van der Waals surface area contributed by atoms with Gasteiger partial charge >= 0.3 is 0 Å². The number of carbonyl (C=O) groups is 2. The van der Waals surface area contributed by atoms with Crippen molar-refractivity contribution in [2.24, 2.45) is 0 Å². The van der Waals surface area contributed by atoms with E-state index in [-0.39, 0.29) is 30.8 Å². The standard InChI is InChI=1S/C24H27Cl3N2O2/c1-16(24(31)28-20-8-3-2-4-9-20)29(15-18-11-12-19(25)14-22(18)27)23(30)13-17-7-5-6-10-21(17)26/h5-7,10-12,14,16,20H,2-4,8-9,13,15H2,1H3,(H,28,31)/t16-/m0/s1. The largest absolute Gasteiger partial charge is 0.352 e. The lowest BCUT2D eigenvalue weighted by molar-refractivity contribution is -0.140. The molecule has 3 rings (SSSR count). The second-order valence-corrected chi connectivity index (χ2v) is 9.30. The van der Waals surface area contributed by atoms with Crippen LogP contribution in [0.2, 0.25) is 15.1 Å². The van der Waals surface area contributed by atoms with E-state index in [1.807, 2.05) is 18.2 Å². The smallest absolute Gasteiger partial charge is 0.242 e. The van der Waals surface area contributed by atoms with Crippen molar-refractivity contribution >= 4 is 46.6 Å². The second kappa shape index (κ2) is 11.2. The Balaban J connectivity index is 1.80. The molecule has 2 amide bonds. The quantitative estimate of drug-likeness (QED) is 0.523. The topological polar surface area (TPSA) is 49.4 Å². The highest BCUT2D eigenvalue weighted by Crippen LogP contribution is 2.25. The van der Waals surface area contributed by atoms with E-state index in [9.17, 15) is 9.59 Å². The predicted octanol–water partition coefficient (Wildman–Crippen LogP) is 6.06. The van der Waals surface area contributed by atoms with E-state index in [0.717, 1.165) is 36.8 Å². The Morgan fingerprint density at radius 2 is 1.71 bits per heavy atom. The minimum atomic E-state index is -0.649. The van der Waals surface area contributed by atoms with Gasteiger partial charge in [0, 0.05) is 27.7 Å². The van der Waals surface area contributed by atoms with Crippen molar-refractivity contribution in [2.45, 2.75) is 64.1 Å². The van der Waals surface area contributed by atoms with Crippen LogP contribution in [0, 0.1) is 0 Å². The Morgan fingerprint density at radius 3 is 2.39 bits per heavy atom. The van der Waals surface area contributed by atoms with Gasteiger partial charge in [0.25, 0.3) is 0 Å². The average molecular weight is 482 g/mol. The van der Waals surface area contributed by atoms with Crippen LogP contribution in [-0.2, 0) is 22.6 Å². The molecule has 0 saturated heterocycles. The fourth-order valence-corrected chi connectivity index (χ4v) is 4.56. The fraction of sp³-hybridized carbons (Fsp3) is 0.417. The first-order chi connectivity index (χ1) is 14.8. The van der Waals surface area contributed by atoms with Crippen LogP contribution in [0.1, 0.15) is 50.2 Å². The maximum Gasteiger partial charge on any atom is 0.242 e. The lowest BCUT2D eigenvalue weighted by Gasteiger charge is -2.31. The summed E-state index contributed by atoms with van der Waals surface area (Å²) in [6.45, 7) is 1.96. The van der Waals surface area contributed by atoms with E-state index >= 15 is 0 Å². The van der Waals surface area contributed by atoms with Gasteiger partial charge in [0.1, 0.15) is 6.04 Å². The van der Waals surface area contributed by atoms with Crippen LogP contribution in [0.25, 0.3) is 0 Å². The van der Waals surface area contributed by atoms with Gasteiger partial charge in [-0.1, -0.05) is 78.3 Å². The summed E-state index contributed by atoms with van der Waals surface area (Å²) in [6, 6.07) is 11.9. The molecule has 2 aromatic rings. The van der Waals surface area contributed by atoms with Crippen LogP contribution in [0.3, 0.4) is 0 Å². The molecule has 1 N–H and O–H groups in total. The molecule has 0 aliphatic heterocycles. The molecule has 1 saturated carbocycles. The normalized spacial score (nSPS) is 15.4. The molecule has 2 aromatic carbocycles. The number of halogens is 3. The zero-order chi connectivity index (χ0) is 22.4. The van der Waals surface area contributed by atoms with E-state index < -0.39 is 6.04 Å². The minimum absolute atomic E-state index is 0.103. The molecule has 166 valence electrons. The van der Waals surface area contributed by atoms with Gasteiger partial charge in [-0.2, -0.15) is 0 Å². The molecule has 1 aliphatic rings. The van der Waals surface area contributed by atoms with Gasteiger partial charge in [0.15, 0.2) is 0 Å². The fourth-order valence-electron chi connectivity index (χ4n) is 3.89. The van der Waals surface area contributed by atoms with Crippen molar-refractivity contribution in [3.05, 3.63) is 68.7 Å². The molecule has 1 fully saturated rings. The van der Waals surface area contributed by atoms with Gasteiger partial charge in [-0.05, 0) is 49.1 Å². The lowest BCUT2D eigenvalue weighted by Crippen LogP contribution is -2.50. The van der Waals surface area contributed by atoms with Gasteiger partial charge in [0.05, 0.1) is 6.42 Å². The van der Waals surface area contributed by atoms with Gasteiger partial charge in [-0.25, -0.2) is 0 Å². The van der Waals surface area contributed by atoms with Crippen LogP contribution < -0.4 is 5.32 Å². The molecule has 4 nitrogen and oxygen atoms in total. The maximum atomic E-state index is 13.3. The third-order valence-electron chi connectivity index (χ3n) is 5.77. The summed E-state index contributed by atoms with van der Waals surface area (Å²) in [4.78, 5) is 27.9. The average Bonchev–Trinajstić information content (AvgIpc) is 2.75. The molecular formula is C24H27Cl3N2O2. The molecule has 0 aromatic heterocycles. The Labute approximate surface area is 198 Å². The molecule has 0 bridgehead atoms. The van der Waals surface area contributed by atoms with E-state index in [4.69, 9.17) is 34.8 Å². The van der Waals surface area contributed by atoms with E-state index in [1.54, 1.807) is 36.1 Å². The highest BCUT2D eigenvalue weighted by atomic mass is 35.5. The van der Waals surface area contributed by atoms with Crippen molar-refractivity contribution in [3.63, 3.8) is 0 Å². The van der Waals surface area contributed by atoms with Crippen LogP contribution in [0.15, 0.2) is 42.5 Å². The van der Waals surface area contributed by atoms with E-state index in [1.165, 1.54) is 6.42 Å². The number of benzene rings is 2. The zero-order valence-corrected chi connectivity index (χ0v) is 19.8. The molecule has 0 radical (unpaired) electrons. The van der Waals surface area contributed by atoms with Crippen LogP contribution in [-0.4, -0.2) is 28.8 Å². The number of nitrogens with zero attached hydrogens (tertiary/aromatic N) is 1. The number of rotatable bonds is 7. The summed E-state index contributed by atoms with van der Waals surface area (Å²) >= 11 is 18.6. The summed E-state index contributed by atoms with van der Waals surface area (Å²) in [5.41, 5.74) is 1.46. The first-order valence-electron chi connectivity index (χ1n) is 10.6. The Hall–Kier alpha value is -1.75. The van der Waals surface area contributed by atoms with Gasteiger partial charge in [-0.15, -0.1) is 0 Å². The summed E-state index contributed by atoms with van der Waals surface area (Å²) in [7, 11) is 0. The van der Waals surface area contributed by atoms with Crippen LogP contribution in [0.5, 0.6) is 0 Å². The highest BCUT2D eigenvalue weighted by Gasteiger charge is 2.29. The Morgan fingerprint density at radius 1 is 1.00 bits per heavy atom. The zero-order valence-electron chi connectivity index (χ0n) is 17.5. The summed E-state index contributed by atoms with van der Waals surface area (Å²) in [6.07, 6.45) is 5.51. The number of carbonyl (C=O) groups excluding carboxylic acids is 2. The Kier molecular flexibility index (Phi) is 8.65. The van der Waals surface area contributed by atoms with Crippen LogP contribution >= 0.6 is 34.8 Å². The van der Waals surface area contributed by atoms with Crippen molar-refractivity contribution in [2.75, 3.05) is 0 Å². The predicted molar refractivity (Wildman–Crippen MR) is 127 cm³/mol. The van der Waals surface area contributed by atoms with Crippen LogP contribution in [0.4, 0.5) is 0 Å². The first kappa shape index (κ1) is 23.9. The number of amides is 2. The van der Waals surface area contributed by atoms with Crippen molar-refractivity contribution in [3.8, 4) is 0 Å². The highest BCUT2D eigenvalue weighted by molar-refractivity contribution is 6.35. The SMILES string of the molecule is C[C@@H](C(=O)NC1CCCCC1)N(Cc1ccc(Cl)cc1Cl)C(=O)Cc1ccccc1Cl. The first-order valence-corrected chi connectivity index (χ1v) is 11.8. The molecule has 1 atom stereocenters. The van der Waals surface area contributed by atoms with Gasteiger partial charge in [-0.3, -0.25) is 9.59 Å². The molecule has 1 aliphatic carbocycles. The summed E-state index contributed by atoms with van der Waals surface area (Å²) < 4.78 is 0. The molecule has 0 heterocycles. The van der Waals surface area contributed by atoms with Crippen molar-refractivity contribution < 1.29 is 9.59 Å². The lowest BCUT2D eigenvalue weighted by atomic mass is 9.95. The van der Waals surface area contributed by atoms with E-state index in [2.05, 4.69) is 5.32 Å². The molecule has 7 heteroatoms. The number of nitrogens with one attached hydrogen (secondary N) is 1. The molecular weight excluding hydrogens is 455 g/mol.